The van der Waals surface area contributed by atoms with E-state index in [1.54, 1.807) is 18.3 Å². The number of aromatic nitrogens is 1. The van der Waals surface area contributed by atoms with Crippen LogP contribution < -0.4 is 10.1 Å². The number of rotatable bonds is 3. The molecule has 0 radical (unpaired) electrons. The monoisotopic (exact) mass is 233 g/mol. The van der Waals surface area contributed by atoms with Crippen LogP contribution in [0.1, 0.15) is 12.6 Å². The number of morpholine rings is 1. The van der Waals surface area contributed by atoms with E-state index in [1.807, 2.05) is 13.0 Å². The van der Waals surface area contributed by atoms with E-state index in [0.29, 0.717) is 18.1 Å². The molecule has 2 unspecified atom stereocenters. The van der Waals surface area contributed by atoms with Crippen molar-refractivity contribution in [1.82, 2.24) is 10.3 Å². The summed E-state index contributed by atoms with van der Waals surface area (Å²) >= 11 is 0. The lowest BCUT2D eigenvalue weighted by Gasteiger charge is -2.28. The van der Waals surface area contributed by atoms with Gasteiger partial charge in [-0.3, -0.25) is 0 Å². The quantitative estimate of drug-likeness (QED) is 0.832. The molecule has 1 aromatic rings. The second-order valence-electron chi connectivity index (χ2n) is 4.03. The molecule has 1 aliphatic rings. The molecule has 0 spiro atoms. The lowest BCUT2D eigenvalue weighted by molar-refractivity contribution is -0.0470. The Labute approximate surface area is 100 Å². The van der Waals surface area contributed by atoms with Gasteiger partial charge in [-0.15, -0.1) is 0 Å². The van der Waals surface area contributed by atoms with E-state index in [0.717, 1.165) is 13.1 Å². The van der Waals surface area contributed by atoms with Gasteiger partial charge in [0.2, 0.25) is 0 Å². The molecule has 0 aromatic carbocycles. The van der Waals surface area contributed by atoms with Crippen LogP contribution in [0.3, 0.4) is 0 Å². The van der Waals surface area contributed by atoms with E-state index in [1.165, 1.54) is 0 Å². The second kappa shape index (κ2) is 5.62. The number of nitrogens with one attached hydrogen (secondary N) is 1. The van der Waals surface area contributed by atoms with Crippen molar-refractivity contribution in [2.45, 2.75) is 19.1 Å². The van der Waals surface area contributed by atoms with Crippen molar-refractivity contribution in [1.29, 1.82) is 5.26 Å². The van der Waals surface area contributed by atoms with Crippen LogP contribution in [0, 0.1) is 11.3 Å². The molecule has 0 bridgehead atoms. The molecule has 0 aliphatic carbocycles. The van der Waals surface area contributed by atoms with Crippen molar-refractivity contribution < 1.29 is 9.47 Å². The Morgan fingerprint density at radius 1 is 1.59 bits per heavy atom. The fourth-order valence-corrected chi connectivity index (χ4v) is 1.69. The third kappa shape index (κ3) is 3.41. The largest absolute Gasteiger partial charge is 0.489 e. The van der Waals surface area contributed by atoms with Crippen LogP contribution in [0.5, 0.6) is 5.75 Å². The molecule has 90 valence electrons. The molecular formula is C12H15N3O2. The fraction of sp³-hybridized carbons (Fsp3) is 0.500. The van der Waals surface area contributed by atoms with Crippen LogP contribution in [0.4, 0.5) is 0 Å². The standard InChI is InChI=1S/C12H15N3O2/c1-9-5-14-6-12(17-9)8-16-11-3-2-10(4-13)15-7-11/h2-3,7,9,12,14H,5-6,8H2,1H3. The molecule has 2 heterocycles. The Hall–Kier alpha value is -1.64. The zero-order valence-electron chi connectivity index (χ0n) is 9.72. The fourth-order valence-electron chi connectivity index (χ4n) is 1.69. The maximum absolute atomic E-state index is 8.61. The first kappa shape index (κ1) is 11.8. The van der Waals surface area contributed by atoms with Crippen molar-refractivity contribution >= 4 is 0 Å². The average molecular weight is 233 g/mol. The Kier molecular flexibility index (Phi) is 3.91. The Balaban J connectivity index is 1.83. The van der Waals surface area contributed by atoms with Gasteiger partial charge in [0.15, 0.2) is 0 Å². The predicted molar refractivity (Wildman–Crippen MR) is 61.7 cm³/mol. The van der Waals surface area contributed by atoms with Crippen LogP contribution >= 0.6 is 0 Å². The topological polar surface area (TPSA) is 67.2 Å². The van der Waals surface area contributed by atoms with Gasteiger partial charge < -0.3 is 14.8 Å². The minimum Gasteiger partial charge on any atom is -0.489 e. The SMILES string of the molecule is CC1CNCC(COc2ccc(C#N)nc2)O1. The van der Waals surface area contributed by atoms with E-state index in [-0.39, 0.29) is 12.2 Å². The molecule has 5 nitrogen and oxygen atoms in total. The summed E-state index contributed by atoms with van der Waals surface area (Å²) in [5.41, 5.74) is 0.390. The summed E-state index contributed by atoms with van der Waals surface area (Å²) < 4.78 is 11.2. The van der Waals surface area contributed by atoms with Crippen molar-refractivity contribution in [3.8, 4) is 11.8 Å². The predicted octanol–water partition coefficient (Wildman–Crippen LogP) is 0.709. The lowest BCUT2D eigenvalue weighted by Crippen LogP contribution is -2.45. The van der Waals surface area contributed by atoms with Crippen molar-refractivity contribution in [3.05, 3.63) is 24.0 Å². The summed E-state index contributed by atoms with van der Waals surface area (Å²) in [5, 5.41) is 11.9. The minimum absolute atomic E-state index is 0.0643. The summed E-state index contributed by atoms with van der Waals surface area (Å²) in [6.45, 7) is 4.20. The summed E-state index contributed by atoms with van der Waals surface area (Å²) in [5.74, 6) is 0.658. The van der Waals surface area contributed by atoms with Crippen molar-refractivity contribution in [3.63, 3.8) is 0 Å². The van der Waals surface area contributed by atoms with E-state index >= 15 is 0 Å². The first-order chi connectivity index (χ1) is 8.28. The first-order valence-electron chi connectivity index (χ1n) is 5.63. The Morgan fingerprint density at radius 3 is 3.12 bits per heavy atom. The molecule has 0 saturated carbocycles. The van der Waals surface area contributed by atoms with Gasteiger partial charge in [-0.2, -0.15) is 5.26 Å². The van der Waals surface area contributed by atoms with E-state index in [2.05, 4.69) is 10.3 Å². The molecule has 1 N–H and O–H groups in total. The maximum atomic E-state index is 8.61. The van der Waals surface area contributed by atoms with Gasteiger partial charge in [0, 0.05) is 13.1 Å². The first-order valence-corrected chi connectivity index (χ1v) is 5.63. The third-order valence-electron chi connectivity index (χ3n) is 2.52. The number of nitriles is 1. The summed E-state index contributed by atoms with van der Waals surface area (Å²) in [7, 11) is 0. The molecular weight excluding hydrogens is 218 g/mol. The van der Waals surface area contributed by atoms with Gasteiger partial charge in [0.25, 0.3) is 0 Å². The molecule has 5 heteroatoms. The van der Waals surface area contributed by atoms with Gasteiger partial charge >= 0.3 is 0 Å². The number of nitrogens with zero attached hydrogens (tertiary/aromatic N) is 2. The highest BCUT2D eigenvalue weighted by atomic mass is 16.5. The molecule has 2 rings (SSSR count). The highest BCUT2D eigenvalue weighted by Gasteiger charge is 2.19. The molecule has 1 aliphatic heterocycles. The average Bonchev–Trinajstić information content (AvgIpc) is 2.37. The number of hydrogen-bond donors (Lipinski definition) is 1. The van der Waals surface area contributed by atoms with Gasteiger partial charge in [-0.25, -0.2) is 4.98 Å². The molecule has 1 aromatic heterocycles. The number of ether oxygens (including phenoxy) is 2. The van der Waals surface area contributed by atoms with Crippen LogP contribution in [0.25, 0.3) is 0 Å². The van der Waals surface area contributed by atoms with Crippen LogP contribution in [-0.4, -0.2) is 36.9 Å². The van der Waals surface area contributed by atoms with Gasteiger partial charge in [-0.1, -0.05) is 0 Å². The van der Waals surface area contributed by atoms with Crippen molar-refractivity contribution in [2.24, 2.45) is 0 Å². The lowest BCUT2D eigenvalue weighted by atomic mass is 10.2. The van der Waals surface area contributed by atoms with Gasteiger partial charge in [0.05, 0.1) is 12.3 Å². The van der Waals surface area contributed by atoms with Crippen molar-refractivity contribution in [2.75, 3.05) is 19.7 Å². The number of pyridine rings is 1. The zero-order valence-corrected chi connectivity index (χ0v) is 9.72. The van der Waals surface area contributed by atoms with Gasteiger partial charge in [0.1, 0.15) is 30.2 Å². The smallest absolute Gasteiger partial charge is 0.140 e. The normalized spacial score (nSPS) is 24.0. The maximum Gasteiger partial charge on any atom is 0.140 e. The van der Waals surface area contributed by atoms with Crippen LogP contribution in [0.2, 0.25) is 0 Å². The Morgan fingerprint density at radius 2 is 2.47 bits per heavy atom. The van der Waals surface area contributed by atoms with E-state index in [9.17, 15) is 0 Å². The molecule has 0 amide bonds. The molecule has 2 atom stereocenters. The Bertz CT molecular complexity index is 399. The van der Waals surface area contributed by atoms with Crippen LogP contribution in [-0.2, 0) is 4.74 Å². The molecule has 1 fully saturated rings. The van der Waals surface area contributed by atoms with Gasteiger partial charge in [-0.05, 0) is 19.1 Å². The summed E-state index contributed by atoms with van der Waals surface area (Å²) in [6.07, 6.45) is 1.84. The highest BCUT2D eigenvalue weighted by Crippen LogP contribution is 2.11. The summed E-state index contributed by atoms with van der Waals surface area (Å²) in [6, 6.07) is 5.34. The second-order valence-corrected chi connectivity index (χ2v) is 4.03. The highest BCUT2D eigenvalue weighted by molar-refractivity contribution is 5.26. The van der Waals surface area contributed by atoms with E-state index < -0.39 is 0 Å². The minimum atomic E-state index is 0.0643. The van der Waals surface area contributed by atoms with E-state index in [4.69, 9.17) is 14.7 Å². The zero-order chi connectivity index (χ0) is 12.1. The third-order valence-corrected chi connectivity index (χ3v) is 2.52. The van der Waals surface area contributed by atoms with Crippen LogP contribution in [0.15, 0.2) is 18.3 Å². The number of hydrogen-bond acceptors (Lipinski definition) is 5. The molecule has 17 heavy (non-hydrogen) atoms. The summed E-state index contributed by atoms with van der Waals surface area (Å²) in [4.78, 5) is 3.93. The molecule has 1 saturated heterocycles.